The molecule has 3 N–H and O–H groups in total. The summed E-state index contributed by atoms with van der Waals surface area (Å²) in [6.07, 6.45) is 2.12. The molecule has 1 heterocycles. The first kappa shape index (κ1) is 14.6. The fourth-order valence-electron chi connectivity index (χ4n) is 2.13. The minimum atomic E-state index is -0.209. The summed E-state index contributed by atoms with van der Waals surface area (Å²) in [4.78, 5) is 14.0. The quantitative estimate of drug-likeness (QED) is 0.390. The van der Waals surface area contributed by atoms with Gasteiger partial charge in [-0.1, -0.05) is 24.2 Å². The normalized spacial score (nSPS) is 11.4. The van der Waals surface area contributed by atoms with Crippen LogP contribution in [0.2, 0.25) is 0 Å². The molecule has 6 nitrogen and oxygen atoms in total. The van der Waals surface area contributed by atoms with Crippen molar-refractivity contribution in [1.82, 2.24) is 0 Å². The molecule has 1 amide bonds. The average Bonchev–Trinajstić information content (AvgIpc) is 3.01. The molecule has 1 aromatic heterocycles. The van der Waals surface area contributed by atoms with Crippen LogP contribution in [0.15, 0.2) is 46.2 Å². The summed E-state index contributed by atoms with van der Waals surface area (Å²) < 4.78 is 5.28. The Labute approximate surface area is 122 Å². The lowest BCUT2D eigenvalue weighted by atomic mass is 10.1. The fourth-order valence-corrected chi connectivity index (χ4v) is 2.13. The van der Waals surface area contributed by atoms with Gasteiger partial charge in [-0.2, -0.15) is 0 Å². The van der Waals surface area contributed by atoms with Gasteiger partial charge >= 0.3 is 0 Å². The molecule has 21 heavy (non-hydrogen) atoms. The number of para-hydroxylation sites is 1. The van der Waals surface area contributed by atoms with Gasteiger partial charge in [0.15, 0.2) is 5.84 Å². The van der Waals surface area contributed by atoms with Crippen LogP contribution in [-0.4, -0.2) is 24.0 Å². The van der Waals surface area contributed by atoms with Crippen LogP contribution in [0.1, 0.15) is 28.6 Å². The van der Waals surface area contributed by atoms with Crippen LogP contribution in [0.4, 0.5) is 5.69 Å². The predicted octanol–water partition coefficient (Wildman–Crippen LogP) is 2.21. The molecule has 1 aromatic carbocycles. The molecular formula is C15H17N3O3. The zero-order valence-corrected chi connectivity index (χ0v) is 11.9. The molecule has 6 heteroatoms. The lowest BCUT2D eigenvalue weighted by molar-refractivity contribution is 0.0991. The number of rotatable bonds is 4. The summed E-state index contributed by atoms with van der Waals surface area (Å²) in [5, 5.41) is 11.8. The molecule has 0 aliphatic carbocycles. The third-order valence-electron chi connectivity index (χ3n) is 3.25. The topological polar surface area (TPSA) is 92.1 Å². The van der Waals surface area contributed by atoms with Gasteiger partial charge in [0, 0.05) is 19.0 Å². The predicted molar refractivity (Wildman–Crippen MR) is 79.8 cm³/mol. The first-order chi connectivity index (χ1) is 10.1. The van der Waals surface area contributed by atoms with E-state index in [0.29, 0.717) is 29.0 Å². The fraction of sp³-hybridized carbons (Fsp3) is 0.200. The number of oxime groups is 1. The van der Waals surface area contributed by atoms with Crippen LogP contribution in [0.3, 0.4) is 0 Å². The van der Waals surface area contributed by atoms with Gasteiger partial charge in [0.2, 0.25) is 0 Å². The summed E-state index contributed by atoms with van der Waals surface area (Å²) >= 11 is 0. The third kappa shape index (κ3) is 2.74. The lowest BCUT2D eigenvalue weighted by Gasteiger charge is -2.20. The molecule has 110 valence electrons. The van der Waals surface area contributed by atoms with E-state index in [0.717, 1.165) is 0 Å². The monoisotopic (exact) mass is 287 g/mol. The second-order valence-electron chi connectivity index (χ2n) is 4.48. The molecule has 2 aromatic rings. The number of benzene rings is 1. The molecule has 0 bridgehead atoms. The Bertz CT molecular complexity index is 676. The van der Waals surface area contributed by atoms with E-state index in [-0.39, 0.29) is 11.7 Å². The van der Waals surface area contributed by atoms with Gasteiger partial charge in [-0.15, -0.1) is 0 Å². The first-order valence-corrected chi connectivity index (χ1v) is 6.51. The van der Waals surface area contributed by atoms with E-state index in [1.165, 1.54) is 11.2 Å². The van der Waals surface area contributed by atoms with E-state index in [4.69, 9.17) is 15.4 Å². The second kappa shape index (κ2) is 6.13. The van der Waals surface area contributed by atoms with Crippen molar-refractivity contribution in [1.29, 1.82) is 0 Å². The van der Waals surface area contributed by atoms with Crippen LogP contribution >= 0.6 is 0 Å². The Morgan fingerprint density at radius 3 is 2.71 bits per heavy atom. The molecule has 0 saturated heterocycles. The van der Waals surface area contributed by atoms with E-state index in [9.17, 15) is 4.79 Å². The van der Waals surface area contributed by atoms with Gasteiger partial charge in [0.25, 0.3) is 5.91 Å². The smallest absolute Gasteiger partial charge is 0.261 e. The van der Waals surface area contributed by atoms with E-state index in [2.05, 4.69) is 5.16 Å². The number of aryl methyl sites for hydroxylation is 1. The van der Waals surface area contributed by atoms with Crippen molar-refractivity contribution in [3.8, 4) is 0 Å². The summed E-state index contributed by atoms with van der Waals surface area (Å²) in [6, 6.07) is 8.60. The maximum absolute atomic E-state index is 12.6. The van der Waals surface area contributed by atoms with Crippen LogP contribution in [-0.2, 0) is 6.42 Å². The standard InChI is InChI=1S/C15H17N3O3/c1-3-13-11(8-9-21-13)15(19)18(2)12-7-5-4-6-10(12)14(16)17-20/h4-9,20H,3H2,1-2H3,(H2,16,17). The summed E-state index contributed by atoms with van der Waals surface area (Å²) in [6.45, 7) is 1.92. The van der Waals surface area contributed by atoms with Crippen LogP contribution in [0.5, 0.6) is 0 Å². The second-order valence-corrected chi connectivity index (χ2v) is 4.48. The van der Waals surface area contributed by atoms with Crippen LogP contribution < -0.4 is 10.6 Å². The van der Waals surface area contributed by atoms with E-state index < -0.39 is 0 Å². The zero-order valence-electron chi connectivity index (χ0n) is 11.9. The van der Waals surface area contributed by atoms with Crippen molar-refractivity contribution in [2.24, 2.45) is 10.9 Å². The Balaban J connectivity index is 2.41. The van der Waals surface area contributed by atoms with Crippen molar-refractivity contribution in [2.45, 2.75) is 13.3 Å². The third-order valence-corrected chi connectivity index (χ3v) is 3.25. The van der Waals surface area contributed by atoms with E-state index in [1.54, 1.807) is 37.4 Å². The summed E-state index contributed by atoms with van der Waals surface area (Å²) in [5.41, 5.74) is 7.20. The molecule has 0 atom stereocenters. The van der Waals surface area contributed by atoms with Crippen molar-refractivity contribution in [3.05, 3.63) is 53.5 Å². The number of furan rings is 1. The van der Waals surface area contributed by atoms with Crippen molar-refractivity contribution in [3.63, 3.8) is 0 Å². The summed E-state index contributed by atoms with van der Waals surface area (Å²) in [7, 11) is 1.64. The number of amidine groups is 1. The van der Waals surface area contributed by atoms with Gasteiger partial charge < -0.3 is 20.3 Å². The molecule has 0 spiro atoms. The van der Waals surface area contributed by atoms with Crippen molar-refractivity contribution >= 4 is 17.4 Å². The molecule has 0 saturated carbocycles. The highest BCUT2D eigenvalue weighted by Crippen LogP contribution is 2.22. The Morgan fingerprint density at radius 2 is 2.05 bits per heavy atom. The Hall–Kier alpha value is -2.76. The maximum Gasteiger partial charge on any atom is 0.261 e. The number of nitrogens with two attached hydrogens (primary N) is 1. The molecule has 0 aliphatic heterocycles. The zero-order chi connectivity index (χ0) is 15.4. The highest BCUT2D eigenvalue weighted by molar-refractivity contribution is 6.11. The number of anilines is 1. The molecule has 2 rings (SSSR count). The minimum Gasteiger partial charge on any atom is -0.469 e. The van der Waals surface area contributed by atoms with Crippen molar-refractivity contribution < 1.29 is 14.4 Å². The number of amides is 1. The highest BCUT2D eigenvalue weighted by atomic mass is 16.4. The van der Waals surface area contributed by atoms with Crippen molar-refractivity contribution in [2.75, 3.05) is 11.9 Å². The van der Waals surface area contributed by atoms with Crippen LogP contribution in [0, 0.1) is 0 Å². The first-order valence-electron chi connectivity index (χ1n) is 6.51. The number of carbonyl (C=O) groups is 1. The number of hydrogen-bond donors (Lipinski definition) is 2. The Kier molecular flexibility index (Phi) is 4.27. The number of nitrogens with zero attached hydrogens (tertiary/aromatic N) is 2. The minimum absolute atomic E-state index is 0.0480. The SMILES string of the molecule is CCc1occc1C(=O)N(C)c1ccccc1/C(N)=N/O. The van der Waals surface area contributed by atoms with Crippen LogP contribution in [0.25, 0.3) is 0 Å². The molecule has 0 unspecified atom stereocenters. The van der Waals surface area contributed by atoms with E-state index in [1.807, 2.05) is 6.92 Å². The largest absolute Gasteiger partial charge is 0.469 e. The highest BCUT2D eigenvalue weighted by Gasteiger charge is 2.21. The summed E-state index contributed by atoms with van der Waals surface area (Å²) in [5.74, 6) is 0.375. The molecule has 0 aliphatic rings. The van der Waals surface area contributed by atoms with E-state index >= 15 is 0 Å². The lowest BCUT2D eigenvalue weighted by Crippen LogP contribution is -2.29. The average molecular weight is 287 g/mol. The molecule has 0 radical (unpaired) electrons. The van der Waals surface area contributed by atoms with Gasteiger partial charge in [-0.25, -0.2) is 0 Å². The molecular weight excluding hydrogens is 270 g/mol. The van der Waals surface area contributed by atoms with Gasteiger partial charge in [0.05, 0.1) is 17.5 Å². The Morgan fingerprint density at radius 1 is 1.33 bits per heavy atom. The van der Waals surface area contributed by atoms with Gasteiger partial charge in [0.1, 0.15) is 5.76 Å². The number of hydrogen-bond acceptors (Lipinski definition) is 4. The maximum atomic E-state index is 12.6. The molecule has 0 fully saturated rings. The van der Waals surface area contributed by atoms with Gasteiger partial charge in [-0.3, -0.25) is 4.79 Å². The van der Waals surface area contributed by atoms with Gasteiger partial charge in [-0.05, 0) is 18.2 Å². The number of carbonyl (C=O) groups excluding carboxylic acids is 1.